The summed E-state index contributed by atoms with van der Waals surface area (Å²) in [5.74, 6) is 2.74. The molecule has 4 atom stereocenters. The Morgan fingerprint density at radius 2 is 2.33 bits per heavy atom. The van der Waals surface area contributed by atoms with Gasteiger partial charge >= 0.3 is 0 Å². The van der Waals surface area contributed by atoms with E-state index < -0.39 is 0 Å². The van der Waals surface area contributed by atoms with Gasteiger partial charge in [0.1, 0.15) is 0 Å². The van der Waals surface area contributed by atoms with Crippen molar-refractivity contribution in [1.82, 2.24) is 5.32 Å². The van der Waals surface area contributed by atoms with Crippen molar-refractivity contribution < 1.29 is 0 Å². The van der Waals surface area contributed by atoms with E-state index in [1.165, 1.54) is 12.3 Å². The van der Waals surface area contributed by atoms with Gasteiger partial charge in [0.2, 0.25) is 0 Å². The molecule has 1 saturated carbocycles. The summed E-state index contributed by atoms with van der Waals surface area (Å²) in [6, 6.07) is 1.23. The quantitative estimate of drug-likeness (QED) is 0.578. The molecule has 0 aromatic carbocycles. The third kappa shape index (κ3) is 0.680. The highest BCUT2D eigenvalue weighted by atomic mass is 15.1. The van der Waals surface area contributed by atoms with Crippen molar-refractivity contribution in [2.75, 3.05) is 0 Å². The van der Waals surface area contributed by atoms with Crippen molar-refractivity contribution >= 4 is 5.84 Å². The van der Waals surface area contributed by atoms with Gasteiger partial charge in [-0.15, -0.1) is 0 Å². The predicted octanol–water partition coefficient (Wildman–Crippen LogP) is 1.34. The molecule has 0 aromatic heterocycles. The fourth-order valence-electron chi connectivity index (χ4n) is 2.77. The summed E-state index contributed by atoms with van der Waals surface area (Å²) in [6.07, 6.45) is 7.12. The molecule has 1 N–H and O–H groups in total. The molecule has 3 rings (SSSR count). The Bertz CT molecular complexity index is 267. The van der Waals surface area contributed by atoms with Crippen molar-refractivity contribution in [3.63, 3.8) is 0 Å². The minimum absolute atomic E-state index is 0.579. The zero-order valence-electron chi connectivity index (χ0n) is 7.33. The third-order valence-electron chi connectivity index (χ3n) is 3.39. The summed E-state index contributed by atoms with van der Waals surface area (Å²) in [4.78, 5) is 4.71. The molecule has 0 aromatic rings. The molecule has 64 valence electrons. The molecule has 2 heteroatoms. The standard InChI is InChI=1S/C10H14N2/c1-2-8-11-9-6-3-4-7(5-6)10(9)12-8/h3-4,6-7,9-10H,2,5H2,1H3,(H,11,12)/t6-,7+,9-,10+. The van der Waals surface area contributed by atoms with Crippen molar-refractivity contribution in [1.29, 1.82) is 0 Å². The second kappa shape index (κ2) is 2.12. The zero-order chi connectivity index (χ0) is 8.13. The Morgan fingerprint density at radius 3 is 3.08 bits per heavy atom. The molecule has 12 heavy (non-hydrogen) atoms. The van der Waals surface area contributed by atoms with Crippen molar-refractivity contribution in [2.24, 2.45) is 16.8 Å². The Labute approximate surface area is 72.8 Å². The summed E-state index contributed by atoms with van der Waals surface area (Å²) in [5.41, 5.74) is 0. The molecule has 0 saturated heterocycles. The molecule has 2 aliphatic carbocycles. The van der Waals surface area contributed by atoms with Crippen LogP contribution in [0.4, 0.5) is 0 Å². The highest BCUT2D eigenvalue weighted by molar-refractivity contribution is 5.84. The number of amidine groups is 1. The molecule has 0 unspecified atom stereocenters. The van der Waals surface area contributed by atoms with Gasteiger partial charge in [0.25, 0.3) is 0 Å². The van der Waals surface area contributed by atoms with Crippen molar-refractivity contribution in [2.45, 2.75) is 31.8 Å². The lowest BCUT2D eigenvalue weighted by Gasteiger charge is -2.18. The maximum atomic E-state index is 4.71. The fourth-order valence-corrected chi connectivity index (χ4v) is 2.77. The summed E-state index contributed by atoms with van der Waals surface area (Å²) in [7, 11) is 0. The second-order valence-electron chi connectivity index (χ2n) is 4.04. The Kier molecular flexibility index (Phi) is 1.18. The van der Waals surface area contributed by atoms with E-state index >= 15 is 0 Å². The number of hydrogen-bond donors (Lipinski definition) is 1. The molecule has 2 bridgehead atoms. The van der Waals surface area contributed by atoms with E-state index in [2.05, 4.69) is 24.4 Å². The molecule has 1 fully saturated rings. The minimum atomic E-state index is 0.579. The zero-order valence-corrected chi connectivity index (χ0v) is 7.33. The number of nitrogens with one attached hydrogen (secondary N) is 1. The highest BCUT2D eigenvalue weighted by Gasteiger charge is 2.47. The van der Waals surface area contributed by atoms with Gasteiger partial charge in [-0.05, 0) is 12.3 Å². The number of fused-ring (bicyclic) bond motifs is 5. The normalized spacial score (nSPS) is 47.6. The molecular weight excluding hydrogens is 148 g/mol. The maximum absolute atomic E-state index is 4.71. The third-order valence-corrected chi connectivity index (χ3v) is 3.39. The number of nitrogens with zero attached hydrogens (tertiary/aromatic N) is 1. The lowest BCUT2D eigenvalue weighted by molar-refractivity contribution is 0.496. The van der Waals surface area contributed by atoms with Crippen LogP contribution in [0.15, 0.2) is 17.1 Å². The van der Waals surface area contributed by atoms with E-state index in [0.717, 1.165) is 18.3 Å². The van der Waals surface area contributed by atoms with Gasteiger partial charge in [-0.3, -0.25) is 4.99 Å². The van der Waals surface area contributed by atoms with E-state index in [-0.39, 0.29) is 0 Å². The van der Waals surface area contributed by atoms with Crippen LogP contribution < -0.4 is 5.32 Å². The molecule has 0 amide bonds. The molecular formula is C10H14N2. The summed E-state index contributed by atoms with van der Waals surface area (Å²) in [6.45, 7) is 2.17. The Hall–Kier alpha value is -0.790. The van der Waals surface area contributed by atoms with E-state index in [0.29, 0.717) is 12.1 Å². The maximum Gasteiger partial charge on any atom is 0.0968 e. The number of aliphatic imine (C=N–C) groups is 1. The Morgan fingerprint density at radius 1 is 1.50 bits per heavy atom. The van der Waals surface area contributed by atoms with Gasteiger partial charge in [0.15, 0.2) is 0 Å². The van der Waals surface area contributed by atoms with Crippen LogP contribution in [0.2, 0.25) is 0 Å². The van der Waals surface area contributed by atoms with Crippen LogP contribution in [-0.4, -0.2) is 17.9 Å². The van der Waals surface area contributed by atoms with Gasteiger partial charge in [0, 0.05) is 12.3 Å². The summed E-state index contributed by atoms with van der Waals surface area (Å²) in [5, 5.41) is 3.53. The van der Waals surface area contributed by atoms with Crippen LogP contribution in [0.25, 0.3) is 0 Å². The van der Waals surface area contributed by atoms with Crippen molar-refractivity contribution in [3.8, 4) is 0 Å². The first-order valence-electron chi connectivity index (χ1n) is 4.90. The van der Waals surface area contributed by atoms with Crippen LogP contribution in [-0.2, 0) is 0 Å². The lowest BCUT2D eigenvalue weighted by Crippen LogP contribution is -2.37. The number of hydrogen-bond acceptors (Lipinski definition) is 2. The van der Waals surface area contributed by atoms with Crippen LogP contribution >= 0.6 is 0 Å². The van der Waals surface area contributed by atoms with Gasteiger partial charge in [-0.1, -0.05) is 19.1 Å². The summed E-state index contributed by atoms with van der Waals surface area (Å²) < 4.78 is 0. The molecule has 1 aliphatic heterocycles. The first-order valence-corrected chi connectivity index (χ1v) is 4.90. The van der Waals surface area contributed by atoms with Crippen molar-refractivity contribution in [3.05, 3.63) is 12.2 Å². The average Bonchev–Trinajstić information content (AvgIpc) is 2.75. The smallest absolute Gasteiger partial charge is 0.0968 e. The van der Waals surface area contributed by atoms with Crippen LogP contribution in [0.1, 0.15) is 19.8 Å². The van der Waals surface area contributed by atoms with Gasteiger partial charge in [0.05, 0.1) is 17.9 Å². The van der Waals surface area contributed by atoms with Gasteiger partial charge in [-0.2, -0.15) is 0 Å². The van der Waals surface area contributed by atoms with E-state index in [4.69, 9.17) is 4.99 Å². The van der Waals surface area contributed by atoms with E-state index in [9.17, 15) is 0 Å². The van der Waals surface area contributed by atoms with Gasteiger partial charge < -0.3 is 5.32 Å². The lowest BCUT2D eigenvalue weighted by atomic mass is 9.98. The van der Waals surface area contributed by atoms with Gasteiger partial charge in [-0.25, -0.2) is 0 Å². The highest BCUT2D eigenvalue weighted by Crippen LogP contribution is 2.43. The molecule has 2 nitrogen and oxygen atoms in total. The van der Waals surface area contributed by atoms with E-state index in [1.54, 1.807) is 0 Å². The summed E-state index contributed by atoms with van der Waals surface area (Å²) >= 11 is 0. The molecule has 0 spiro atoms. The molecule has 3 aliphatic rings. The SMILES string of the molecule is CCC1=N[C@@H]2[C@H](N1)[C@@H]1C=C[C@H]2C1. The predicted molar refractivity (Wildman–Crippen MR) is 49.2 cm³/mol. The largest absolute Gasteiger partial charge is 0.368 e. The molecule has 0 radical (unpaired) electrons. The van der Waals surface area contributed by atoms with E-state index in [1.807, 2.05) is 0 Å². The van der Waals surface area contributed by atoms with Crippen LogP contribution in [0.3, 0.4) is 0 Å². The second-order valence-corrected chi connectivity index (χ2v) is 4.04. The topological polar surface area (TPSA) is 24.4 Å². The monoisotopic (exact) mass is 162 g/mol. The fraction of sp³-hybridized carbons (Fsp3) is 0.700. The van der Waals surface area contributed by atoms with Crippen LogP contribution in [0.5, 0.6) is 0 Å². The minimum Gasteiger partial charge on any atom is -0.368 e. The number of rotatable bonds is 1. The molecule has 1 heterocycles. The first kappa shape index (κ1) is 6.70. The average molecular weight is 162 g/mol. The Balaban J connectivity index is 1.90. The van der Waals surface area contributed by atoms with Crippen LogP contribution in [0, 0.1) is 11.8 Å². The first-order chi connectivity index (χ1) is 5.88.